The number of piperidine rings is 1. The molecule has 0 atom stereocenters. The van der Waals surface area contributed by atoms with E-state index in [1.807, 2.05) is 11.0 Å². The number of anilines is 1. The van der Waals surface area contributed by atoms with Gasteiger partial charge in [-0.3, -0.25) is 4.79 Å². The Balaban J connectivity index is 1.46. The maximum Gasteiger partial charge on any atom is 0.225 e. The van der Waals surface area contributed by atoms with Gasteiger partial charge < -0.3 is 14.7 Å². The molecule has 0 spiro atoms. The van der Waals surface area contributed by atoms with Crippen molar-refractivity contribution in [2.75, 3.05) is 51.2 Å². The van der Waals surface area contributed by atoms with Gasteiger partial charge in [-0.15, -0.1) is 0 Å². The first-order valence-electron chi connectivity index (χ1n) is 8.20. The van der Waals surface area contributed by atoms with Gasteiger partial charge in [0.1, 0.15) is 0 Å². The van der Waals surface area contributed by atoms with E-state index in [-0.39, 0.29) is 0 Å². The quantitative estimate of drug-likeness (QED) is 0.829. The van der Waals surface area contributed by atoms with Crippen LogP contribution in [0.2, 0.25) is 0 Å². The zero-order chi connectivity index (χ0) is 15.4. The summed E-state index contributed by atoms with van der Waals surface area (Å²) < 4.78 is 0. The average molecular weight is 303 g/mol. The van der Waals surface area contributed by atoms with Crippen LogP contribution in [0.1, 0.15) is 19.3 Å². The van der Waals surface area contributed by atoms with Gasteiger partial charge in [-0.2, -0.15) is 0 Å². The number of likely N-dealkylation sites (tertiary alicyclic amines) is 1. The molecule has 1 aromatic heterocycles. The summed E-state index contributed by atoms with van der Waals surface area (Å²) in [7, 11) is 2.16. The Morgan fingerprint density at radius 2 is 1.73 bits per heavy atom. The number of nitrogens with zero attached hydrogens (tertiary/aromatic N) is 5. The molecule has 2 fully saturated rings. The smallest absolute Gasteiger partial charge is 0.225 e. The molecule has 6 nitrogen and oxygen atoms in total. The summed E-state index contributed by atoms with van der Waals surface area (Å²) in [5.74, 6) is 1.66. The Hall–Kier alpha value is -1.69. The maximum atomic E-state index is 12.5. The zero-order valence-corrected chi connectivity index (χ0v) is 13.3. The number of piperazine rings is 1. The van der Waals surface area contributed by atoms with Crippen LogP contribution in [0, 0.1) is 5.92 Å². The highest BCUT2D eigenvalue weighted by molar-refractivity contribution is 5.76. The Bertz CT molecular complexity index is 479. The topological polar surface area (TPSA) is 52.6 Å². The van der Waals surface area contributed by atoms with E-state index in [2.05, 4.69) is 26.8 Å². The molecule has 0 aromatic carbocycles. The first-order chi connectivity index (χ1) is 10.7. The fourth-order valence-electron chi connectivity index (χ4n) is 3.25. The van der Waals surface area contributed by atoms with Crippen LogP contribution < -0.4 is 4.90 Å². The van der Waals surface area contributed by atoms with Gasteiger partial charge in [0.25, 0.3) is 0 Å². The van der Waals surface area contributed by atoms with Crippen LogP contribution in [-0.2, 0) is 4.79 Å². The number of carbonyl (C=O) groups is 1. The molecular formula is C16H25N5O. The molecular weight excluding hydrogens is 278 g/mol. The minimum Gasteiger partial charge on any atom is -0.339 e. The van der Waals surface area contributed by atoms with Crippen molar-refractivity contribution in [1.82, 2.24) is 19.8 Å². The van der Waals surface area contributed by atoms with Crippen molar-refractivity contribution in [3.05, 3.63) is 18.5 Å². The Kier molecular flexibility index (Phi) is 4.87. The second kappa shape index (κ2) is 7.05. The number of hydrogen-bond acceptors (Lipinski definition) is 5. The van der Waals surface area contributed by atoms with Gasteiger partial charge in [0, 0.05) is 45.0 Å². The van der Waals surface area contributed by atoms with Gasteiger partial charge in [-0.25, -0.2) is 9.97 Å². The van der Waals surface area contributed by atoms with Gasteiger partial charge in [-0.05, 0) is 45.0 Å². The third kappa shape index (κ3) is 3.74. The summed E-state index contributed by atoms with van der Waals surface area (Å²) in [5, 5.41) is 0. The number of carbonyl (C=O) groups excluding carboxylic acids is 1. The summed E-state index contributed by atoms with van der Waals surface area (Å²) in [5.41, 5.74) is 0. The van der Waals surface area contributed by atoms with Gasteiger partial charge in [-0.1, -0.05) is 0 Å². The lowest BCUT2D eigenvalue weighted by atomic mass is 9.93. The molecule has 2 aliphatic rings. The van der Waals surface area contributed by atoms with E-state index < -0.39 is 0 Å². The van der Waals surface area contributed by atoms with Crippen molar-refractivity contribution in [3.8, 4) is 0 Å². The van der Waals surface area contributed by atoms with Crippen LogP contribution in [0.4, 0.5) is 5.95 Å². The Morgan fingerprint density at radius 3 is 2.36 bits per heavy atom. The third-order valence-corrected chi connectivity index (χ3v) is 4.77. The standard InChI is InChI=1S/C16H25N5O/c1-19-7-3-14(4-8-19)13-15(22)20-9-11-21(12-10-20)16-17-5-2-6-18-16/h2,5-6,14H,3-4,7-13H2,1H3. The van der Waals surface area contributed by atoms with Gasteiger partial charge in [0.2, 0.25) is 11.9 Å². The maximum absolute atomic E-state index is 12.5. The van der Waals surface area contributed by atoms with E-state index in [4.69, 9.17) is 0 Å². The third-order valence-electron chi connectivity index (χ3n) is 4.77. The summed E-state index contributed by atoms with van der Waals surface area (Å²) in [6.45, 7) is 5.45. The van der Waals surface area contributed by atoms with Gasteiger partial charge in [0.05, 0.1) is 0 Å². The molecule has 22 heavy (non-hydrogen) atoms. The van der Waals surface area contributed by atoms with E-state index in [1.165, 1.54) is 0 Å². The lowest BCUT2D eigenvalue weighted by Gasteiger charge is -2.36. The minimum atomic E-state index is 0.322. The van der Waals surface area contributed by atoms with Crippen LogP contribution in [0.15, 0.2) is 18.5 Å². The largest absolute Gasteiger partial charge is 0.339 e. The summed E-state index contributed by atoms with van der Waals surface area (Å²) in [4.78, 5) is 27.5. The highest BCUT2D eigenvalue weighted by Crippen LogP contribution is 2.21. The van der Waals surface area contributed by atoms with Crippen LogP contribution in [0.25, 0.3) is 0 Å². The van der Waals surface area contributed by atoms with Crippen molar-refractivity contribution >= 4 is 11.9 Å². The highest BCUT2D eigenvalue weighted by atomic mass is 16.2. The average Bonchev–Trinajstić information content (AvgIpc) is 2.58. The second-order valence-corrected chi connectivity index (χ2v) is 6.37. The number of amides is 1. The summed E-state index contributed by atoms with van der Waals surface area (Å²) in [6, 6.07) is 1.82. The zero-order valence-electron chi connectivity index (χ0n) is 13.3. The summed E-state index contributed by atoms with van der Waals surface area (Å²) >= 11 is 0. The van der Waals surface area contributed by atoms with E-state index in [9.17, 15) is 4.79 Å². The molecule has 0 N–H and O–H groups in total. The van der Waals surface area contributed by atoms with Crippen molar-refractivity contribution in [3.63, 3.8) is 0 Å². The number of hydrogen-bond donors (Lipinski definition) is 0. The van der Waals surface area contributed by atoms with Crippen LogP contribution >= 0.6 is 0 Å². The highest BCUT2D eigenvalue weighted by Gasteiger charge is 2.25. The first-order valence-corrected chi connectivity index (χ1v) is 8.20. The molecule has 3 heterocycles. The SMILES string of the molecule is CN1CCC(CC(=O)N2CCN(c3ncccn3)CC2)CC1. The number of aromatic nitrogens is 2. The van der Waals surface area contributed by atoms with Crippen LogP contribution in [0.5, 0.6) is 0 Å². The lowest BCUT2D eigenvalue weighted by molar-refractivity contribution is -0.132. The molecule has 0 saturated carbocycles. The van der Waals surface area contributed by atoms with E-state index >= 15 is 0 Å². The predicted molar refractivity (Wildman–Crippen MR) is 85.7 cm³/mol. The van der Waals surface area contributed by atoms with E-state index in [0.717, 1.165) is 64.5 Å². The van der Waals surface area contributed by atoms with Crippen molar-refractivity contribution in [2.24, 2.45) is 5.92 Å². The minimum absolute atomic E-state index is 0.322. The molecule has 0 unspecified atom stereocenters. The van der Waals surface area contributed by atoms with Crippen molar-refractivity contribution in [1.29, 1.82) is 0 Å². The Labute approximate surface area is 132 Å². The molecule has 1 aromatic rings. The van der Waals surface area contributed by atoms with Gasteiger partial charge >= 0.3 is 0 Å². The molecule has 0 aliphatic carbocycles. The Morgan fingerprint density at radius 1 is 1.09 bits per heavy atom. The van der Waals surface area contributed by atoms with Crippen LogP contribution in [0.3, 0.4) is 0 Å². The molecule has 0 bridgehead atoms. The predicted octanol–water partition coefficient (Wildman–Crippen LogP) is 0.857. The molecule has 120 valence electrons. The van der Waals surface area contributed by atoms with Crippen molar-refractivity contribution < 1.29 is 4.79 Å². The fourth-order valence-corrected chi connectivity index (χ4v) is 3.25. The number of rotatable bonds is 3. The summed E-state index contributed by atoms with van der Waals surface area (Å²) in [6.07, 6.45) is 6.55. The fraction of sp³-hybridized carbons (Fsp3) is 0.688. The molecule has 3 rings (SSSR count). The first kappa shape index (κ1) is 15.2. The van der Waals surface area contributed by atoms with Crippen LogP contribution in [-0.4, -0.2) is 72.0 Å². The van der Waals surface area contributed by atoms with Gasteiger partial charge in [0.15, 0.2) is 0 Å². The molecule has 0 radical (unpaired) electrons. The second-order valence-electron chi connectivity index (χ2n) is 6.37. The monoisotopic (exact) mass is 303 g/mol. The molecule has 6 heteroatoms. The molecule has 2 saturated heterocycles. The molecule has 2 aliphatic heterocycles. The lowest BCUT2D eigenvalue weighted by Crippen LogP contribution is -2.49. The molecule has 1 amide bonds. The van der Waals surface area contributed by atoms with Crippen molar-refractivity contribution in [2.45, 2.75) is 19.3 Å². The van der Waals surface area contributed by atoms with E-state index in [1.54, 1.807) is 12.4 Å². The van der Waals surface area contributed by atoms with E-state index in [0.29, 0.717) is 11.8 Å². The normalized spacial score (nSPS) is 21.1.